The maximum absolute atomic E-state index is 12.6. The van der Waals surface area contributed by atoms with Crippen molar-refractivity contribution in [3.8, 4) is 16.7 Å². The summed E-state index contributed by atoms with van der Waals surface area (Å²) in [5, 5.41) is 6.10. The van der Waals surface area contributed by atoms with Crippen molar-refractivity contribution in [2.75, 3.05) is 20.3 Å². The summed E-state index contributed by atoms with van der Waals surface area (Å²) in [7, 11) is 1.59. The van der Waals surface area contributed by atoms with E-state index in [-0.39, 0.29) is 11.9 Å². The first-order chi connectivity index (χ1) is 12.3. The molecule has 0 radical (unpaired) electrons. The van der Waals surface area contributed by atoms with Crippen LogP contribution in [0.25, 0.3) is 16.8 Å². The Bertz CT molecular complexity index is 842. The molecular formula is C18H17N3O3S. The minimum atomic E-state index is -0.290. The predicted molar refractivity (Wildman–Crippen MR) is 96.8 cm³/mol. The van der Waals surface area contributed by atoms with Crippen LogP contribution in [0.5, 0.6) is 6.01 Å². The van der Waals surface area contributed by atoms with Crippen LogP contribution < -0.4 is 4.74 Å². The van der Waals surface area contributed by atoms with Gasteiger partial charge in [0, 0.05) is 13.2 Å². The molecule has 3 rings (SSSR count). The molecule has 3 aromatic rings. The number of hydrogen-bond donors (Lipinski definition) is 0. The second-order valence-corrected chi connectivity index (χ2v) is 5.98. The van der Waals surface area contributed by atoms with E-state index in [0.717, 1.165) is 10.4 Å². The lowest BCUT2D eigenvalue weighted by Crippen LogP contribution is -2.11. The van der Waals surface area contributed by atoms with Gasteiger partial charge in [-0.25, -0.2) is 0 Å². The average Bonchev–Trinajstić information content (AvgIpc) is 3.30. The molecule has 1 aromatic carbocycles. The smallest absolute Gasteiger partial charge is 0.336 e. The number of thiophene rings is 1. The standard InChI is InChI=1S/C18H17N3O3S/c1-23-11-12-24-18-19-17(15-8-5-13-25-15)21(20-18)16(22)10-9-14-6-3-2-4-7-14/h2-10,13H,11-12H2,1H3/b10-9+. The van der Waals surface area contributed by atoms with E-state index in [1.807, 2.05) is 47.8 Å². The summed E-state index contributed by atoms with van der Waals surface area (Å²) < 4.78 is 11.6. The molecule has 0 aliphatic rings. The molecule has 0 aliphatic carbocycles. The number of hydrogen-bond acceptors (Lipinski definition) is 6. The number of carbonyl (C=O) groups is 1. The second-order valence-electron chi connectivity index (χ2n) is 5.03. The van der Waals surface area contributed by atoms with Crippen LogP contribution >= 0.6 is 11.3 Å². The zero-order valence-electron chi connectivity index (χ0n) is 13.7. The van der Waals surface area contributed by atoms with Crippen LogP contribution in [-0.4, -0.2) is 41.0 Å². The van der Waals surface area contributed by atoms with Crippen LogP contribution in [0.1, 0.15) is 10.4 Å². The Morgan fingerprint density at radius 1 is 1.20 bits per heavy atom. The van der Waals surface area contributed by atoms with Crippen molar-refractivity contribution in [2.24, 2.45) is 0 Å². The van der Waals surface area contributed by atoms with E-state index in [2.05, 4.69) is 10.1 Å². The lowest BCUT2D eigenvalue weighted by atomic mass is 10.2. The topological polar surface area (TPSA) is 66.2 Å². The van der Waals surface area contributed by atoms with Crippen molar-refractivity contribution in [3.05, 3.63) is 59.5 Å². The largest absolute Gasteiger partial charge is 0.460 e. The highest BCUT2D eigenvalue weighted by Gasteiger charge is 2.17. The fourth-order valence-electron chi connectivity index (χ4n) is 2.09. The number of nitrogens with zero attached hydrogens (tertiary/aromatic N) is 3. The highest BCUT2D eigenvalue weighted by atomic mass is 32.1. The van der Waals surface area contributed by atoms with Crippen LogP contribution in [-0.2, 0) is 4.74 Å². The monoisotopic (exact) mass is 355 g/mol. The third-order valence-corrected chi connectivity index (χ3v) is 4.14. The summed E-state index contributed by atoms with van der Waals surface area (Å²) >= 11 is 1.48. The zero-order chi connectivity index (χ0) is 17.5. The van der Waals surface area contributed by atoms with Gasteiger partial charge in [0.1, 0.15) is 6.61 Å². The normalized spacial score (nSPS) is 11.1. The molecule has 0 fully saturated rings. The number of ether oxygens (including phenoxy) is 2. The minimum Gasteiger partial charge on any atom is -0.460 e. The lowest BCUT2D eigenvalue weighted by Gasteiger charge is -1.99. The van der Waals surface area contributed by atoms with Gasteiger partial charge in [-0.05, 0) is 23.1 Å². The first-order valence-electron chi connectivity index (χ1n) is 7.68. The maximum atomic E-state index is 12.6. The fraction of sp³-hybridized carbons (Fsp3) is 0.167. The summed E-state index contributed by atoms with van der Waals surface area (Å²) in [5.74, 6) is 0.173. The van der Waals surface area contributed by atoms with Crippen LogP contribution in [0, 0.1) is 0 Å². The molecule has 0 bridgehead atoms. The number of allylic oxidation sites excluding steroid dienone is 1. The summed E-state index contributed by atoms with van der Waals surface area (Å²) in [6, 6.07) is 13.5. The summed E-state index contributed by atoms with van der Waals surface area (Å²) in [6.45, 7) is 0.739. The highest BCUT2D eigenvalue weighted by molar-refractivity contribution is 7.13. The number of benzene rings is 1. The summed E-state index contributed by atoms with van der Waals surface area (Å²) in [4.78, 5) is 17.7. The lowest BCUT2D eigenvalue weighted by molar-refractivity contribution is 0.0953. The van der Waals surface area contributed by atoms with E-state index in [0.29, 0.717) is 19.0 Å². The Hall–Kier alpha value is -2.77. The molecule has 0 unspecified atom stereocenters. The SMILES string of the molecule is COCCOc1nc(-c2cccs2)n(C(=O)/C=C/c2ccccc2)n1. The average molecular weight is 355 g/mol. The Kier molecular flexibility index (Phi) is 5.71. The molecule has 0 saturated heterocycles. The molecule has 0 saturated carbocycles. The third-order valence-electron chi connectivity index (χ3n) is 3.27. The molecule has 6 nitrogen and oxygen atoms in total. The van der Waals surface area contributed by atoms with Crippen LogP contribution in [0.4, 0.5) is 0 Å². The van der Waals surface area contributed by atoms with E-state index < -0.39 is 0 Å². The van der Waals surface area contributed by atoms with Gasteiger partial charge in [-0.2, -0.15) is 9.67 Å². The van der Waals surface area contributed by atoms with Gasteiger partial charge in [-0.15, -0.1) is 16.4 Å². The Balaban J connectivity index is 1.85. The predicted octanol–water partition coefficient (Wildman–Crippen LogP) is 3.39. The maximum Gasteiger partial charge on any atom is 0.336 e. The van der Waals surface area contributed by atoms with Gasteiger partial charge in [0.05, 0.1) is 11.5 Å². The number of rotatable bonds is 7. The molecule has 7 heteroatoms. The van der Waals surface area contributed by atoms with Gasteiger partial charge in [-0.3, -0.25) is 4.79 Å². The van der Waals surface area contributed by atoms with Crippen molar-refractivity contribution >= 4 is 23.3 Å². The van der Waals surface area contributed by atoms with E-state index in [1.54, 1.807) is 13.2 Å². The second kappa shape index (κ2) is 8.36. The molecule has 0 amide bonds. The number of carbonyl (C=O) groups excluding carboxylic acids is 1. The van der Waals surface area contributed by atoms with Gasteiger partial charge in [-0.1, -0.05) is 36.4 Å². The molecule has 0 atom stereocenters. The number of methoxy groups -OCH3 is 1. The molecule has 2 aromatic heterocycles. The fourth-order valence-corrected chi connectivity index (χ4v) is 2.79. The molecule has 0 aliphatic heterocycles. The van der Waals surface area contributed by atoms with Gasteiger partial charge in [0.2, 0.25) is 0 Å². The minimum absolute atomic E-state index is 0.155. The van der Waals surface area contributed by atoms with Crippen LogP contribution in [0.3, 0.4) is 0 Å². The molecule has 0 spiro atoms. The molecule has 25 heavy (non-hydrogen) atoms. The summed E-state index contributed by atoms with van der Waals surface area (Å²) in [6.07, 6.45) is 3.22. The van der Waals surface area contributed by atoms with Crippen molar-refractivity contribution in [2.45, 2.75) is 0 Å². The van der Waals surface area contributed by atoms with Crippen LogP contribution in [0.2, 0.25) is 0 Å². The molecule has 2 heterocycles. The van der Waals surface area contributed by atoms with Crippen molar-refractivity contribution in [3.63, 3.8) is 0 Å². The van der Waals surface area contributed by atoms with Crippen molar-refractivity contribution in [1.82, 2.24) is 14.8 Å². The van der Waals surface area contributed by atoms with Gasteiger partial charge < -0.3 is 9.47 Å². The first kappa shape index (κ1) is 17.1. The van der Waals surface area contributed by atoms with Gasteiger partial charge in [0.25, 0.3) is 5.91 Å². The Morgan fingerprint density at radius 2 is 2.04 bits per heavy atom. The Labute approximate surface area is 149 Å². The molecule has 128 valence electrons. The van der Waals surface area contributed by atoms with E-state index >= 15 is 0 Å². The number of aromatic nitrogens is 3. The van der Waals surface area contributed by atoms with Crippen molar-refractivity contribution < 1.29 is 14.3 Å². The Morgan fingerprint density at radius 3 is 2.76 bits per heavy atom. The highest BCUT2D eigenvalue weighted by Crippen LogP contribution is 2.24. The molecular weight excluding hydrogens is 338 g/mol. The van der Waals surface area contributed by atoms with E-state index in [4.69, 9.17) is 9.47 Å². The van der Waals surface area contributed by atoms with Gasteiger partial charge >= 0.3 is 6.01 Å². The first-order valence-corrected chi connectivity index (χ1v) is 8.56. The zero-order valence-corrected chi connectivity index (χ0v) is 14.5. The summed E-state index contributed by atoms with van der Waals surface area (Å²) in [5.41, 5.74) is 0.935. The molecule has 0 N–H and O–H groups in total. The van der Waals surface area contributed by atoms with E-state index in [9.17, 15) is 4.79 Å². The third kappa shape index (κ3) is 4.40. The van der Waals surface area contributed by atoms with Crippen LogP contribution in [0.15, 0.2) is 53.9 Å². The van der Waals surface area contributed by atoms with E-state index in [1.165, 1.54) is 22.1 Å². The van der Waals surface area contributed by atoms with Crippen molar-refractivity contribution in [1.29, 1.82) is 0 Å². The quantitative estimate of drug-likeness (QED) is 0.480. The van der Waals surface area contributed by atoms with Gasteiger partial charge in [0.15, 0.2) is 5.82 Å².